The van der Waals surface area contributed by atoms with E-state index in [9.17, 15) is 27.9 Å². The van der Waals surface area contributed by atoms with E-state index >= 15 is 0 Å². The van der Waals surface area contributed by atoms with Gasteiger partial charge in [-0.15, -0.1) is 0 Å². The molecule has 3 unspecified atom stereocenters. The molecule has 2 saturated heterocycles. The maximum Gasteiger partial charge on any atom is 0.407 e. The summed E-state index contributed by atoms with van der Waals surface area (Å²) in [7, 11) is 0. The number of hydrogen-bond donors (Lipinski definition) is 2. The van der Waals surface area contributed by atoms with Crippen molar-refractivity contribution >= 4 is 6.09 Å². The Bertz CT molecular complexity index is 671. The van der Waals surface area contributed by atoms with Crippen LogP contribution in [0, 0.1) is 0 Å². The van der Waals surface area contributed by atoms with E-state index in [0.717, 1.165) is 0 Å². The van der Waals surface area contributed by atoms with Gasteiger partial charge in [-0.3, -0.25) is 9.69 Å². The molecule has 1 aromatic heterocycles. The molecule has 0 aromatic carbocycles. The van der Waals surface area contributed by atoms with Gasteiger partial charge in [0.25, 0.3) is 5.56 Å². The highest BCUT2D eigenvalue weighted by Gasteiger charge is 2.47. The fourth-order valence-electron chi connectivity index (χ4n) is 3.92. The first-order chi connectivity index (χ1) is 11.8. The lowest BCUT2D eigenvalue weighted by Crippen LogP contribution is -2.53. The first kappa shape index (κ1) is 17.8. The maximum atomic E-state index is 13.1. The molecule has 3 rings (SSSR count). The molecule has 0 bridgehead atoms. The van der Waals surface area contributed by atoms with Crippen LogP contribution in [0.1, 0.15) is 37.4 Å². The van der Waals surface area contributed by atoms with Gasteiger partial charge in [0.05, 0.1) is 0 Å². The molecule has 25 heavy (non-hydrogen) atoms. The Kier molecular flexibility index (Phi) is 4.81. The largest absolute Gasteiger partial charge is 0.465 e. The number of likely N-dealkylation sites (tertiary alicyclic amines) is 2. The van der Waals surface area contributed by atoms with E-state index in [4.69, 9.17) is 4.52 Å². The van der Waals surface area contributed by atoms with Crippen molar-refractivity contribution in [3.05, 3.63) is 22.2 Å². The molecule has 7 nitrogen and oxygen atoms in total. The maximum absolute atomic E-state index is 13.1. The van der Waals surface area contributed by atoms with Gasteiger partial charge < -0.3 is 14.5 Å². The highest BCUT2D eigenvalue weighted by molar-refractivity contribution is 5.65. The van der Waals surface area contributed by atoms with Crippen molar-refractivity contribution in [3.63, 3.8) is 0 Å². The molecule has 1 aromatic rings. The number of amides is 1. The van der Waals surface area contributed by atoms with E-state index in [-0.39, 0.29) is 31.0 Å². The Hall–Kier alpha value is -1.97. The van der Waals surface area contributed by atoms with Gasteiger partial charge >= 0.3 is 12.3 Å². The molecule has 0 saturated carbocycles. The number of halogens is 3. The number of carbonyl (C=O) groups is 1. The molecule has 2 aliphatic rings. The topological polar surface area (TPSA) is 89.8 Å². The van der Waals surface area contributed by atoms with E-state index in [1.807, 2.05) is 0 Å². The minimum Gasteiger partial charge on any atom is -0.465 e. The molecule has 10 heteroatoms. The van der Waals surface area contributed by atoms with Gasteiger partial charge in [0.15, 0.2) is 0 Å². The van der Waals surface area contributed by atoms with Crippen LogP contribution >= 0.6 is 0 Å². The molecular weight excluding hydrogens is 343 g/mol. The van der Waals surface area contributed by atoms with Crippen LogP contribution in [-0.4, -0.2) is 64.1 Å². The van der Waals surface area contributed by atoms with E-state index in [1.165, 1.54) is 15.9 Å². The Morgan fingerprint density at radius 2 is 2.12 bits per heavy atom. The summed E-state index contributed by atoms with van der Waals surface area (Å²) in [6.45, 7) is 0.532. The number of hydrogen-bond acceptors (Lipinski definition) is 4. The van der Waals surface area contributed by atoms with Crippen molar-refractivity contribution in [3.8, 4) is 0 Å². The fourth-order valence-corrected chi connectivity index (χ4v) is 3.92. The lowest BCUT2D eigenvalue weighted by atomic mass is 9.88. The zero-order valence-electron chi connectivity index (χ0n) is 13.5. The predicted octanol–water partition coefficient (Wildman–Crippen LogP) is 2.22. The summed E-state index contributed by atoms with van der Waals surface area (Å²) in [5, 5.41) is 11.6. The molecule has 0 aliphatic carbocycles. The summed E-state index contributed by atoms with van der Waals surface area (Å²) in [4.78, 5) is 25.2. The number of carboxylic acid groups (broad SMARTS) is 1. The van der Waals surface area contributed by atoms with Crippen LogP contribution in [0.2, 0.25) is 0 Å². The summed E-state index contributed by atoms with van der Waals surface area (Å²) < 4.78 is 44.5. The Morgan fingerprint density at radius 1 is 1.36 bits per heavy atom. The van der Waals surface area contributed by atoms with Gasteiger partial charge in [0, 0.05) is 31.1 Å². The smallest absolute Gasteiger partial charge is 0.407 e. The van der Waals surface area contributed by atoms with Crippen LogP contribution in [0.5, 0.6) is 0 Å². The molecule has 140 valence electrons. The van der Waals surface area contributed by atoms with Gasteiger partial charge in [-0.1, -0.05) is 0 Å². The number of nitrogens with one attached hydrogen (secondary N) is 1. The zero-order chi connectivity index (χ0) is 18.2. The third-order valence-corrected chi connectivity index (χ3v) is 5.09. The lowest BCUT2D eigenvalue weighted by molar-refractivity contribution is -0.177. The number of piperidine rings is 1. The third-order valence-electron chi connectivity index (χ3n) is 5.09. The van der Waals surface area contributed by atoms with Crippen molar-refractivity contribution in [2.24, 2.45) is 0 Å². The Morgan fingerprint density at radius 3 is 2.72 bits per heavy atom. The van der Waals surface area contributed by atoms with Crippen LogP contribution in [0.4, 0.5) is 18.0 Å². The molecule has 2 fully saturated rings. The second-order valence-electron chi connectivity index (χ2n) is 6.66. The normalized spacial score (nSPS) is 28.4. The van der Waals surface area contributed by atoms with Gasteiger partial charge in [-0.2, -0.15) is 18.3 Å². The number of nitrogens with zero attached hydrogens (tertiary/aromatic N) is 2. The summed E-state index contributed by atoms with van der Waals surface area (Å²) in [5.41, 5.74) is -0.385. The van der Waals surface area contributed by atoms with Crippen LogP contribution < -0.4 is 5.56 Å². The van der Waals surface area contributed by atoms with Crippen molar-refractivity contribution in [1.82, 2.24) is 15.0 Å². The van der Waals surface area contributed by atoms with Crippen LogP contribution in [0.15, 0.2) is 15.4 Å². The fraction of sp³-hybridized carbons (Fsp3) is 0.733. The molecule has 0 spiro atoms. The number of alkyl halides is 3. The summed E-state index contributed by atoms with van der Waals surface area (Å²) >= 11 is 0. The number of H-pyrrole nitrogens is 1. The Balaban J connectivity index is 1.75. The first-order valence-electron chi connectivity index (χ1n) is 8.24. The second kappa shape index (κ2) is 6.74. The molecule has 2 aliphatic heterocycles. The molecule has 3 heterocycles. The van der Waals surface area contributed by atoms with E-state index in [1.54, 1.807) is 0 Å². The van der Waals surface area contributed by atoms with Crippen molar-refractivity contribution in [1.29, 1.82) is 0 Å². The molecule has 1 amide bonds. The van der Waals surface area contributed by atoms with Crippen molar-refractivity contribution in [2.45, 2.75) is 49.9 Å². The minimum atomic E-state index is -4.31. The van der Waals surface area contributed by atoms with Gasteiger partial charge in [-0.05, 0) is 32.2 Å². The quantitative estimate of drug-likeness (QED) is 0.860. The van der Waals surface area contributed by atoms with Gasteiger partial charge in [-0.25, -0.2) is 4.79 Å². The first-order valence-corrected chi connectivity index (χ1v) is 8.24. The van der Waals surface area contributed by atoms with E-state index < -0.39 is 24.4 Å². The van der Waals surface area contributed by atoms with Crippen molar-refractivity contribution < 1.29 is 27.6 Å². The number of aromatic amines is 1. The predicted molar refractivity (Wildman–Crippen MR) is 80.5 cm³/mol. The molecule has 3 atom stereocenters. The number of aromatic nitrogens is 1. The monoisotopic (exact) mass is 363 g/mol. The van der Waals surface area contributed by atoms with Gasteiger partial charge in [0.1, 0.15) is 11.8 Å². The molecular formula is C15H20F3N3O4. The zero-order valence-corrected chi connectivity index (χ0v) is 13.5. The standard InChI is InChI=1S/C15H20F3N3O4/c16-15(17,18)12-2-1-4-20(12)8-10-6-9(3-5-21(10)14(23)24)11-7-13(22)19-25-11/h7,9-10,12H,1-6,8H2,(H,19,22)(H,23,24). The lowest BCUT2D eigenvalue weighted by Gasteiger charge is -2.40. The second-order valence-corrected chi connectivity index (χ2v) is 6.66. The van der Waals surface area contributed by atoms with Crippen LogP contribution in [0.25, 0.3) is 0 Å². The summed E-state index contributed by atoms with van der Waals surface area (Å²) in [5.74, 6) is 0.236. The average Bonchev–Trinajstić information content (AvgIpc) is 3.15. The Labute approximate surface area is 141 Å². The van der Waals surface area contributed by atoms with Crippen LogP contribution in [0.3, 0.4) is 0 Å². The summed E-state index contributed by atoms with van der Waals surface area (Å²) in [6, 6.07) is -0.778. The third kappa shape index (κ3) is 3.83. The minimum absolute atomic E-state index is 0.0294. The summed E-state index contributed by atoms with van der Waals surface area (Å²) in [6.07, 6.45) is -4.17. The van der Waals surface area contributed by atoms with Crippen LogP contribution in [-0.2, 0) is 0 Å². The van der Waals surface area contributed by atoms with E-state index in [0.29, 0.717) is 31.6 Å². The van der Waals surface area contributed by atoms with Gasteiger partial charge in [0.2, 0.25) is 0 Å². The van der Waals surface area contributed by atoms with Crippen molar-refractivity contribution in [2.75, 3.05) is 19.6 Å². The van der Waals surface area contributed by atoms with E-state index in [2.05, 4.69) is 5.16 Å². The molecule has 0 radical (unpaired) electrons. The highest BCUT2D eigenvalue weighted by atomic mass is 19.4. The average molecular weight is 363 g/mol. The highest BCUT2D eigenvalue weighted by Crippen LogP contribution is 2.36. The SMILES string of the molecule is O=C(O)N1CCC(c2cc(=O)[nH]o2)CC1CN1CCCC1C(F)(F)F. The molecule has 2 N–H and O–H groups in total. The number of rotatable bonds is 3.